The summed E-state index contributed by atoms with van der Waals surface area (Å²) in [7, 11) is -4.39. The Morgan fingerprint density at radius 2 is 1.17 bits per heavy atom. The largest absolute Gasteiger partial charge is 0.437 e. The van der Waals surface area contributed by atoms with Crippen molar-refractivity contribution in [2.24, 2.45) is 0 Å². The first-order valence-electron chi connectivity index (χ1n) is 5.61. The van der Waals surface area contributed by atoms with E-state index < -0.39 is 56.2 Å². The Kier molecular flexibility index (Phi) is 4.17. The van der Waals surface area contributed by atoms with Gasteiger partial charge in [0.25, 0.3) is 0 Å². The maximum Gasteiger partial charge on any atom is 0.437 e. The highest BCUT2D eigenvalue weighted by atomic mass is 32.2. The van der Waals surface area contributed by atoms with E-state index in [1.54, 1.807) is 0 Å². The number of aromatic nitrogens is 2. The second kappa shape index (κ2) is 5.54. The van der Waals surface area contributed by atoms with E-state index in [-0.39, 0.29) is 0 Å². The van der Waals surface area contributed by atoms with E-state index >= 15 is 0 Å². The van der Waals surface area contributed by atoms with E-state index in [0.717, 1.165) is 0 Å². The number of nitrogens with zero attached hydrogens (tertiary/aromatic N) is 2. The zero-order chi connectivity index (χ0) is 17.5. The number of alkyl halides is 6. The van der Waals surface area contributed by atoms with Crippen molar-refractivity contribution in [3.05, 3.63) is 35.0 Å². The van der Waals surface area contributed by atoms with Gasteiger partial charge in [-0.3, -0.25) is 0 Å². The minimum atomic E-state index is -4.95. The Labute approximate surface area is 123 Å². The molecular formula is C10H6F6N2O4S. The molecule has 2 rings (SSSR count). The van der Waals surface area contributed by atoms with Crippen LogP contribution in [-0.2, 0) is 33.7 Å². The molecule has 2 aromatic heterocycles. The molecule has 0 amide bonds. The van der Waals surface area contributed by atoms with Crippen LogP contribution < -0.4 is 0 Å². The third-order valence-corrected chi connectivity index (χ3v) is 4.08. The molecule has 23 heavy (non-hydrogen) atoms. The molecule has 0 aromatic carbocycles. The molecule has 0 N–H and O–H groups in total. The maximum absolute atomic E-state index is 12.6. The molecule has 0 aliphatic carbocycles. The monoisotopic (exact) mass is 364 g/mol. The van der Waals surface area contributed by atoms with E-state index in [4.69, 9.17) is 0 Å². The smallest absolute Gasteiger partial charge is 0.364 e. The molecule has 2 aromatic rings. The predicted molar refractivity (Wildman–Crippen MR) is 59.3 cm³/mol. The number of sulfone groups is 1. The molecule has 0 fully saturated rings. The van der Waals surface area contributed by atoms with E-state index in [9.17, 15) is 34.8 Å². The second-order valence-electron chi connectivity index (χ2n) is 4.40. The summed E-state index contributed by atoms with van der Waals surface area (Å²) in [5.74, 6) is -2.40. The van der Waals surface area contributed by atoms with Gasteiger partial charge in [-0.15, -0.1) is 0 Å². The Morgan fingerprint density at radius 3 is 1.48 bits per heavy atom. The van der Waals surface area contributed by atoms with Crippen molar-refractivity contribution in [1.82, 2.24) is 10.3 Å². The molecule has 2 heterocycles. The van der Waals surface area contributed by atoms with Crippen molar-refractivity contribution in [2.75, 3.05) is 0 Å². The summed E-state index contributed by atoms with van der Waals surface area (Å²) in [6.07, 6.45) is -8.96. The van der Waals surface area contributed by atoms with Crippen LogP contribution in [0.15, 0.2) is 21.6 Å². The first kappa shape index (κ1) is 17.3. The quantitative estimate of drug-likeness (QED) is 0.776. The van der Waals surface area contributed by atoms with E-state index in [0.29, 0.717) is 12.5 Å². The number of halogens is 6. The summed E-state index contributed by atoms with van der Waals surface area (Å²) in [5, 5.41) is 5.30. The van der Waals surface area contributed by atoms with Crippen molar-refractivity contribution in [3.8, 4) is 0 Å². The van der Waals surface area contributed by atoms with Crippen molar-refractivity contribution >= 4 is 9.84 Å². The van der Waals surface area contributed by atoms with Crippen LogP contribution in [-0.4, -0.2) is 18.7 Å². The lowest BCUT2D eigenvalue weighted by Crippen LogP contribution is -2.15. The number of hydrogen-bond acceptors (Lipinski definition) is 6. The molecule has 0 saturated heterocycles. The Bertz CT molecular complexity index is 729. The first-order chi connectivity index (χ1) is 10.4. The SMILES string of the molecule is O=S(=O)(Cc1conc1C(F)(F)F)Cc1conc1C(F)(F)F. The van der Waals surface area contributed by atoms with Crippen molar-refractivity contribution in [1.29, 1.82) is 0 Å². The molecule has 0 atom stereocenters. The van der Waals surface area contributed by atoms with E-state index in [2.05, 4.69) is 19.4 Å². The predicted octanol–water partition coefficient (Wildman–Crippen LogP) is 2.82. The summed E-state index contributed by atoms with van der Waals surface area (Å²) in [4.78, 5) is 0. The molecule has 0 bridgehead atoms. The molecule has 0 saturated carbocycles. The van der Waals surface area contributed by atoms with Gasteiger partial charge in [-0.05, 0) is 0 Å². The average Bonchev–Trinajstić information content (AvgIpc) is 2.94. The highest BCUT2D eigenvalue weighted by Gasteiger charge is 2.40. The number of rotatable bonds is 4. The molecule has 13 heteroatoms. The van der Waals surface area contributed by atoms with Crippen LogP contribution in [0, 0.1) is 0 Å². The lowest BCUT2D eigenvalue weighted by Gasteiger charge is -2.07. The van der Waals surface area contributed by atoms with Crippen molar-refractivity contribution < 1.29 is 43.8 Å². The fourth-order valence-corrected chi connectivity index (χ4v) is 3.17. The lowest BCUT2D eigenvalue weighted by molar-refractivity contribution is -0.143. The van der Waals surface area contributed by atoms with Gasteiger partial charge in [0, 0.05) is 11.1 Å². The Hall–Kier alpha value is -2.05. The van der Waals surface area contributed by atoms with Gasteiger partial charge in [-0.1, -0.05) is 10.3 Å². The van der Waals surface area contributed by atoms with Gasteiger partial charge >= 0.3 is 12.4 Å². The fourth-order valence-electron chi connectivity index (χ4n) is 1.71. The van der Waals surface area contributed by atoms with Crippen LogP contribution in [0.1, 0.15) is 22.5 Å². The van der Waals surface area contributed by atoms with Gasteiger partial charge in [-0.25, -0.2) is 8.42 Å². The normalized spacial score (nSPS) is 13.5. The van der Waals surface area contributed by atoms with Crippen LogP contribution in [0.25, 0.3) is 0 Å². The third-order valence-electron chi connectivity index (χ3n) is 2.57. The standard InChI is InChI=1S/C10H6F6N2O4S/c11-9(12,13)7-5(1-21-17-7)3-23(19,20)4-6-2-22-18-8(6)10(14,15)16/h1-2H,3-4H2. The third kappa shape index (κ3) is 4.03. The minimum Gasteiger partial charge on any atom is -0.364 e. The summed E-state index contributed by atoms with van der Waals surface area (Å²) in [6, 6.07) is 0. The summed E-state index contributed by atoms with van der Waals surface area (Å²) in [5.41, 5.74) is -4.71. The average molecular weight is 364 g/mol. The Balaban J connectivity index is 2.25. The molecule has 0 spiro atoms. The molecular weight excluding hydrogens is 358 g/mol. The van der Waals surface area contributed by atoms with Gasteiger partial charge in [0.1, 0.15) is 12.5 Å². The highest BCUT2D eigenvalue weighted by molar-refractivity contribution is 7.89. The summed E-state index contributed by atoms with van der Waals surface area (Å²) in [6.45, 7) is 0. The van der Waals surface area contributed by atoms with Crippen LogP contribution >= 0.6 is 0 Å². The summed E-state index contributed by atoms with van der Waals surface area (Å²) >= 11 is 0. The second-order valence-corrected chi connectivity index (χ2v) is 6.47. The summed E-state index contributed by atoms with van der Waals surface area (Å²) < 4.78 is 107. The molecule has 0 unspecified atom stereocenters. The lowest BCUT2D eigenvalue weighted by atomic mass is 10.3. The zero-order valence-corrected chi connectivity index (χ0v) is 11.6. The fraction of sp³-hybridized carbons (Fsp3) is 0.400. The Morgan fingerprint density at radius 1 is 0.826 bits per heavy atom. The van der Waals surface area contributed by atoms with Gasteiger partial charge in [0.2, 0.25) is 0 Å². The topological polar surface area (TPSA) is 86.2 Å². The van der Waals surface area contributed by atoms with Crippen LogP contribution in [0.4, 0.5) is 26.3 Å². The molecule has 6 nitrogen and oxygen atoms in total. The van der Waals surface area contributed by atoms with Crippen molar-refractivity contribution in [3.63, 3.8) is 0 Å². The van der Waals surface area contributed by atoms with Crippen LogP contribution in [0.5, 0.6) is 0 Å². The zero-order valence-electron chi connectivity index (χ0n) is 10.8. The molecule has 0 aliphatic heterocycles. The van der Waals surface area contributed by atoms with Gasteiger partial charge in [0.05, 0.1) is 11.5 Å². The van der Waals surface area contributed by atoms with Gasteiger partial charge in [-0.2, -0.15) is 26.3 Å². The minimum absolute atomic E-state index is 0.471. The van der Waals surface area contributed by atoms with E-state index in [1.807, 2.05) is 0 Å². The first-order valence-corrected chi connectivity index (χ1v) is 7.43. The van der Waals surface area contributed by atoms with Gasteiger partial charge < -0.3 is 9.05 Å². The molecule has 0 radical (unpaired) electrons. The van der Waals surface area contributed by atoms with Gasteiger partial charge in [0.15, 0.2) is 21.2 Å². The van der Waals surface area contributed by atoms with Crippen LogP contribution in [0.3, 0.4) is 0 Å². The van der Waals surface area contributed by atoms with E-state index in [1.165, 1.54) is 0 Å². The molecule has 0 aliphatic rings. The number of hydrogen-bond donors (Lipinski definition) is 0. The maximum atomic E-state index is 12.6. The van der Waals surface area contributed by atoms with Crippen molar-refractivity contribution in [2.45, 2.75) is 23.9 Å². The molecule has 128 valence electrons. The highest BCUT2D eigenvalue weighted by Crippen LogP contribution is 2.34. The van der Waals surface area contributed by atoms with Crippen LogP contribution in [0.2, 0.25) is 0 Å².